The molecule has 70 valence electrons. The molecule has 0 radical (unpaired) electrons. The summed E-state index contributed by atoms with van der Waals surface area (Å²) in [6, 6.07) is 3.69. The van der Waals surface area contributed by atoms with E-state index >= 15 is 0 Å². The number of benzene rings is 1. The lowest BCUT2D eigenvalue weighted by Crippen LogP contribution is -2.06. The summed E-state index contributed by atoms with van der Waals surface area (Å²) >= 11 is 3.34. The zero-order chi connectivity index (χ0) is 9.64. The molecule has 1 saturated carbocycles. The second-order valence-corrected chi connectivity index (χ2v) is 4.47. The molecule has 1 aromatic rings. The van der Waals surface area contributed by atoms with E-state index in [4.69, 9.17) is 0 Å². The molecule has 2 rings (SSSR count). The molecule has 2 nitrogen and oxygen atoms in total. The van der Waals surface area contributed by atoms with Crippen molar-refractivity contribution in [3.8, 4) is 5.75 Å². The lowest BCUT2D eigenvalue weighted by molar-refractivity contribution is 0.147. The number of aromatic hydroxyl groups is 1. The molecule has 0 atom stereocenters. The van der Waals surface area contributed by atoms with Gasteiger partial charge in [0.2, 0.25) is 0 Å². The molecule has 0 bridgehead atoms. The van der Waals surface area contributed by atoms with E-state index in [0.29, 0.717) is 5.56 Å². The first-order valence-corrected chi connectivity index (χ1v) is 5.05. The summed E-state index contributed by atoms with van der Waals surface area (Å²) in [4.78, 5) is 0. The van der Waals surface area contributed by atoms with Gasteiger partial charge in [-0.15, -0.1) is 0 Å². The topological polar surface area (TPSA) is 40.5 Å². The minimum Gasteiger partial charge on any atom is -0.507 e. The van der Waals surface area contributed by atoms with Crippen molar-refractivity contribution in [1.82, 2.24) is 0 Å². The van der Waals surface area contributed by atoms with Gasteiger partial charge in [-0.25, -0.2) is 0 Å². The number of hydrogen-bond acceptors (Lipinski definition) is 2. The molecule has 0 amide bonds. The predicted molar refractivity (Wildman–Crippen MR) is 53.7 cm³/mol. The van der Waals surface area contributed by atoms with Gasteiger partial charge < -0.3 is 10.2 Å². The standard InChI is InChI=1S/C10H11BrO2/c1-6-2-3-7(11)8(9(6)12)10(13)4-5-10/h2-3,12-13H,4-5H2,1H3. The zero-order valence-electron chi connectivity index (χ0n) is 7.34. The van der Waals surface area contributed by atoms with Crippen LogP contribution >= 0.6 is 15.9 Å². The van der Waals surface area contributed by atoms with E-state index in [0.717, 1.165) is 22.9 Å². The summed E-state index contributed by atoms with van der Waals surface area (Å²) in [6.07, 6.45) is 1.48. The summed E-state index contributed by atoms with van der Waals surface area (Å²) in [7, 11) is 0. The van der Waals surface area contributed by atoms with Crippen molar-refractivity contribution in [2.45, 2.75) is 25.4 Å². The van der Waals surface area contributed by atoms with Crippen LogP contribution in [-0.2, 0) is 5.60 Å². The van der Waals surface area contributed by atoms with Crippen molar-refractivity contribution in [2.24, 2.45) is 0 Å². The molecule has 0 heterocycles. The van der Waals surface area contributed by atoms with Crippen LogP contribution in [0.3, 0.4) is 0 Å². The molecule has 1 aromatic carbocycles. The molecule has 0 unspecified atom stereocenters. The summed E-state index contributed by atoms with van der Waals surface area (Å²) in [5, 5.41) is 19.7. The molecular formula is C10H11BrO2. The van der Waals surface area contributed by atoms with E-state index in [-0.39, 0.29) is 5.75 Å². The smallest absolute Gasteiger partial charge is 0.125 e. The minimum atomic E-state index is -0.783. The Morgan fingerprint density at radius 3 is 2.54 bits per heavy atom. The van der Waals surface area contributed by atoms with Crippen molar-refractivity contribution < 1.29 is 10.2 Å². The van der Waals surface area contributed by atoms with Crippen molar-refractivity contribution in [1.29, 1.82) is 0 Å². The number of phenolic OH excluding ortho intramolecular Hbond substituents is 1. The molecule has 0 aromatic heterocycles. The average molecular weight is 243 g/mol. The maximum atomic E-state index is 9.90. The highest BCUT2D eigenvalue weighted by atomic mass is 79.9. The lowest BCUT2D eigenvalue weighted by Gasteiger charge is -2.14. The molecule has 1 fully saturated rings. The molecular weight excluding hydrogens is 232 g/mol. The molecule has 3 heteroatoms. The highest BCUT2D eigenvalue weighted by Gasteiger charge is 2.45. The van der Waals surface area contributed by atoms with Crippen LogP contribution in [0.25, 0.3) is 0 Å². The van der Waals surface area contributed by atoms with E-state index < -0.39 is 5.60 Å². The van der Waals surface area contributed by atoms with Crippen LogP contribution in [0.4, 0.5) is 0 Å². The third-order valence-corrected chi connectivity index (χ3v) is 3.18. The second kappa shape index (κ2) is 2.72. The van der Waals surface area contributed by atoms with Gasteiger partial charge in [-0.05, 0) is 31.4 Å². The average Bonchev–Trinajstić information content (AvgIpc) is 2.78. The summed E-state index contributed by atoms with van der Waals surface area (Å²) in [5.74, 6) is 0.217. The third kappa shape index (κ3) is 1.36. The SMILES string of the molecule is Cc1ccc(Br)c(C2(O)CC2)c1O. The Bertz CT molecular complexity index is 356. The van der Waals surface area contributed by atoms with Crippen molar-refractivity contribution >= 4 is 15.9 Å². The monoisotopic (exact) mass is 242 g/mol. The van der Waals surface area contributed by atoms with Crippen molar-refractivity contribution in [2.75, 3.05) is 0 Å². The van der Waals surface area contributed by atoms with Crippen LogP contribution in [0.15, 0.2) is 16.6 Å². The van der Waals surface area contributed by atoms with Gasteiger partial charge in [0.1, 0.15) is 5.75 Å². The van der Waals surface area contributed by atoms with Crippen LogP contribution in [0.2, 0.25) is 0 Å². The molecule has 0 aliphatic heterocycles. The number of hydrogen-bond donors (Lipinski definition) is 2. The van der Waals surface area contributed by atoms with E-state index in [1.165, 1.54) is 0 Å². The fourth-order valence-electron chi connectivity index (χ4n) is 1.48. The molecule has 0 spiro atoms. The Balaban J connectivity index is 2.61. The van der Waals surface area contributed by atoms with Crippen molar-refractivity contribution in [3.63, 3.8) is 0 Å². The molecule has 0 saturated heterocycles. The molecule has 1 aliphatic carbocycles. The summed E-state index contributed by atoms with van der Waals surface area (Å²) in [6.45, 7) is 1.83. The Kier molecular flexibility index (Phi) is 1.89. The Labute approximate surface area is 85.3 Å². The maximum Gasteiger partial charge on any atom is 0.125 e. The first-order valence-electron chi connectivity index (χ1n) is 4.25. The van der Waals surface area contributed by atoms with E-state index in [1.807, 2.05) is 19.1 Å². The summed E-state index contributed by atoms with van der Waals surface area (Å²) in [5.41, 5.74) is 0.667. The van der Waals surface area contributed by atoms with Gasteiger partial charge >= 0.3 is 0 Å². The number of phenols is 1. The minimum absolute atomic E-state index is 0.217. The Morgan fingerprint density at radius 1 is 1.38 bits per heavy atom. The zero-order valence-corrected chi connectivity index (χ0v) is 8.93. The Morgan fingerprint density at radius 2 is 2.00 bits per heavy atom. The fraction of sp³-hybridized carbons (Fsp3) is 0.400. The predicted octanol–water partition coefficient (Wildman–Crippen LogP) is 2.44. The van der Waals surface area contributed by atoms with Crippen molar-refractivity contribution in [3.05, 3.63) is 27.7 Å². The second-order valence-electron chi connectivity index (χ2n) is 3.62. The van der Waals surface area contributed by atoms with Crippen LogP contribution in [0.1, 0.15) is 24.0 Å². The lowest BCUT2D eigenvalue weighted by atomic mass is 10.0. The van der Waals surface area contributed by atoms with E-state index in [2.05, 4.69) is 15.9 Å². The maximum absolute atomic E-state index is 9.90. The van der Waals surface area contributed by atoms with Gasteiger partial charge in [0, 0.05) is 10.0 Å². The first-order chi connectivity index (χ1) is 6.04. The fourth-order valence-corrected chi connectivity index (χ4v) is 2.17. The number of aryl methyl sites for hydroxylation is 1. The van der Waals surface area contributed by atoms with Gasteiger partial charge in [-0.1, -0.05) is 22.0 Å². The normalized spacial score (nSPS) is 18.7. The number of halogens is 1. The highest BCUT2D eigenvalue weighted by Crippen LogP contribution is 2.51. The van der Waals surface area contributed by atoms with Gasteiger partial charge in [-0.2, -0.15) is 0 Å². The van der Waals surface area contributed by atoms with Crippen LogP contribution < -0.4 is 0 Å². The summed E-state index contributed by atoms with van der Waals surface area (Å²) < 4.78 is 0.788. The molecule has 2 N–H and O–H groups in total. The van der Waals surface area contributed by atoms with Gasteiger partial charge in [0.25, 0.3) is 0 Å². The Hall–Kier alpha value is -0.540. The van der Waals surface area contributed by atoms with Crippen LogP contribution in [0.5, 0.6) is 5.75 Å². The van der Waals surface area contributed by atoms with E-state index in [9.17, 15) is 10.2 Å². The third-order valence-electron chi connectivity index (χ3n) is 2.52. The van der Waals surface area contributed by atoms with Crippen LogP contribution in [0, 0.1) is 6.92 Å². The highest BCUT2D eigenvalue weighted by molar-refractivity contribution is 9.10. The van der Waals surface area contributed by atoms with Gasteiger partial charge in [0.15, 0.2) is 0 Å². The first kappa shape index (κ1) is 9.03. The number of aliphatic hydroxyl groups is 1. The van der Waals surface area contributed by atoms with Gasteiger partial charge in [0.05, 0.1) is 5.60 Å². The molecule has 13 heavy (non-hydrogen) atoms. The quantitative estimate of drug-likeness (QED) is 0.795. The van der Waals surface area contributed by atoms with Crippen LogP contribution in [-0.4, -0.2) is 10.2 Å². The van der Waals surface area contributed by atoms with E-state index in [1.54, 1.807) is 0 Å². The van der Waals surface area contributed by atoms with Gasteiger partial charge in [-0.3, -0.25) is 0 Å². The largest absolute Gasteiger partial charge is 0.507 e. The number of rotatable bonds is 1. The molecule has 1 aliphatic rings.